The molecule has 1 saturated carbocycles. The van der Waals surface area contributed by atoms with E-state index in [2.05, 4.69) is 0 Å². The van der Waals surface area contributed by atoms with Gasteiger partial charge in [0.2, 0.25) is 0 Å². The minimum absolute atomic E-state index is 0.499. The van der Waals surface area contributed by atoms with Gasteiger partial charge in [0, 0.05) is 6.42 Å². The van der Waals surface area contributed by atoms with Crippen molar-refractivity contribution in [3.63, 3.8) is 0 Å². The molecule has 0 spiro atoms. The van der Waals surface area contributed by atoms with E-state index in [-0.39, 0.29) is 0 Å². The molecule has 1 aromatic rings. The molecule has 2 rings (SSSR count). The van der Waals surface area contributed by atoms with E-state index in [0.29, 0.717) is 6.42 Å². The summed E-state index contributed by atoms with van der Waals surface area (Å²) in [5, 5.41) is 19.9. The Balaban J connectivity index is 2.30. The number of aliphatic hydroxyl groups is 2. The Hall–Kier alpha value is -0.860. The van der Waals surface area contributed by atoms with Crippen LogP contribution in [0.4, 0.5) is 0 Å². The van der Waals surface area contributed by atoms with Crippen molar-refractivity contribution in [1.82, 2.24) is 0 Å². The van der Waals surface area contributed by atoms with E-state index in [1.54, 1.807) is 13.8 Å². The normalized spacial score (nSPS) is 18.9. The monoisotopic (exact) mass is 206 g/mol. The van der Waals surface area contributed by atoms with E-state index in [0.717, 1.165) is 24.0 Å². The first-order chi connectivity index (χ1) is 6.91. The van der Waals surface area contributed by atoms with E-state index in [9.17, 15) is 10.2 Å². The van der Waals surface area contributed by atoms with Gasteiger partial charge in [0.15, 0.2) is 0 Å². The molecule has 1 fully saturated rings. The van der Waals surface area contributed by atoms with Crippen molar-refractivity contribution in [2.24, 2.45) is 0 Å². The van der Waals surface area contributed by atoms with Crippen molar-refractivity contribution in [3.05, 3.63) is 35.4 Å². The number of hydrogen-bond donors (Lipinski definition) is 2. The Labute approximate surface area is 90.6 Å². The van der Waals surface area contributed by atoms with E-state index in [4.69, 9.17) is 0 Å². The molecule has 1 aliphatic rings. The minimum Gasteiger partial charge on any atom is -0.390 e. The second-order valence-electron chi connectivity index (χ2n) is 5.12. The highest BCUT2D eigenvalue weighted by Crippen LogP contribution is 2.39. The first-order valence-electron chi connectivity index (χ1n) is 5.44. The summed E-state index contributed by atoms with van der Waals surface area (Å²) >= 11 is 0. The molecule has 0 amide bonds. The summed E-state index contributed by atoms with van der Waals surface area (Å²) in [4.78, 5) is 0. The standard InChI is InChI=1S/C13H18O2/c1-12(2,14)11-6-4-3-5-10(11)9-13(15)7-8-13/h3-6,14-15H,7-9H2,1-2H3. The molecule has 82 valence electrons. The zero-order chi connectivity index (χ0) is 11.1. The summed E-state index contributed by atoms with van der Waals surface area (Å²) in [6.07, 6.45) is 2.42. The van der Waals surface area contributed by atoms with Crippen molar-refractivity contribution < 1.29 is 10.2 Å². The Morgan fingerprint density at radius 2 is 1.87 bits per heavy atom. The molecule has 0 heterocycles. The Bertz CT molecular complexity index is 359. The van der Waals surface area contributed by atoms with Crippen LogP contribution in [0.3, 0.4) is 0 Å². The fourth-order valence-electron chi connectivity index (χ4n) is 1.95. The molecule has 1 aromatic carbocycles. The lowest BCUT2D eigenvalue weighted by Crippen LogP contribution is -2.21. The molecule has 2 nitrogen and oxygen atoms in total. The van der Waals surface area contributed by atoms with Crippen molar-refractivity contribution in [2.45, 2.75) is 44.3 Å². The second kappa shape index (κ2) is 3.32. The molecule has 2 heteroatoms. The molecular weight excluding hydrogens is 188 g/mol. The Morgan fingerprint density at radius 1 is 1.27 bits per heavy atom. The quantitative estimate of drug-likeness (QED) is 0.794. The van der Waals surface area contributed by atoms with Crippen LogP contribution in [0.2, 0.25) is 0 Å². The highest BCUT2D eigenvalue weighted by atomic mass is 16.3. The second-order valence-corrected chi connectivity index (χ2v) is 5.12. The molecule has 0 aliphatic heterocycles. The predicted octanol–water partition coefficient (Wildman–Crippen LogP) is 1.98. The van der Waals surface area contributed by atoms with Gasteiger partial charge in [-0.2, -0.15) is 0 Å². The average Bonchev–Trinajstić information content (AvgIpc) is 2.82. The Morgan fingerprint density at radius 3 is 2.40 bits per heavy atom. The molecule has 2 N–H and O–H groups in total. The topological polar surface area (TPSA) is 40.5 Å². The summed E-state index contributed by atoms with van der Waals surface area (Å²) in [7, 11) is 0. The first kappa shape index (κ1) is 10.7. The summed E-state index contributed by atoms with van der Waals surface area (Å²) in [5.74, 6) is 0. The van der Waals surface area contributed by atoms with Gasteiger partial charge >= 0.3 is 0 Å². The van der Waals surface area contributed by atoms with Crippen molar-refractivity contribution >= 4 is 0 Å². The third-order valence-electron chi connectivity index (χ3n) is 3.02. The van der Waals surface area contributed by atoms with Crippen molar-refractivity contribution in [1.29, 1.82) is 0 Å². The van der Waals surface area contributed by atoms with Crippen LogP contribution >= 0.6 is 0 Å². The van der Waals surface area contributed by atoms with E-state index in [1.165, 1.54) is 0 Å². The summed E-state index contributed by atoms with van der Waals surface area (Å²) in [6, 6.07) is 7.80. The Kier molecular flexibility index (Phi) is 2.36. The van der Waals surface area contributed by atoms with Crippen molar-refractivity contribution in [3.8, 4) is 0 Å². The summed E-state index contributed by atoms with van der Waals surface area (Å²) in [6.45, 7) is 3.56. The lowest BCUT2D eigenvalue weighted by atomic mass is 9.90. The van der Waals surface area contributed by atoms with Gasteiger partial charge in [0.25, 0.3) is 0 Å². The maximum Gasteiger partial charge on any atom is 0.0843 e. The van der Waals surface area contributed by atoms with Gasteiger partial charge in [0.1, 0.15) is 0 Å². The van der Waals surface area contributed by atoms with E-state index >= 15 is 0 Å². The first-order valence-corrected chi connectivity index (χ1v) is 5.44. The third-order valence-corrected chi connectivity index (χ3v) is 3.02. The van der Waals surface area contributed by atoms with Gasteiger partial charge in [-0.15, -0.1) is 0 Å². The van der Waals surface area contributed by atoms with Gasteiger partial charge in [-0.05, 0) is 37.8 Å². The minimum atomic E-state index is -0.832. The molecule has 1 aliphatic carbocycles. The van der Waals surface area contributed by atoms with Crippen LogP contribution in [0.5, 0.6) is 0 Å². The van der Waals surface area contributed by atoms with Crippen LogP contribution in [0.25, 0.3) is 0 Å². The number of hydrogen-bond acceptors (Lipinski definition) is 2. The zero-order valence-electron chi connectivity index (χ0n) is 9.33. The third kappa shape index (κ3) is 2.39. The van der Waals surface area contributed by atoms with Gasteiger partial charge in [-0.25, -0.2) is 0 Å². The fourth-order valence-corrected chi connectivity index (χ4v) is 1.95. The van der Waals surface area contributed by atoms with Crippen LogP contribution in [0.15, 0.2) is 24.3 Å². The maximum atomic E-state index is 10.0. The highest BCUT2D eigenvalue weighted by molar-refractivity contribution is 5.33. The molecule has 0 atom stereocenters. The fraction of sp³-hybridized carbons (Fsp3) is 0.538. The van der Waals surface area contributed by atoms with Crippen molar-refractivity contribution in [2.75, 3.05) is 0 Å². The van der Waals surface area contributed by atoms with Crippen LogP contribution in [0, 0.1) is 0 Å². The van der Waals surface area contributed by atoms with Gasteiger partial charge in [-0.3, -0.25) is 0 Å². The average molecular weight is 206 g/mol. The maximum absolute atomic E-state index is 10.0. The van der Waals surface area contributed by atoms with Crippen LogP contribution in [0.1, 0.15) is 37.8 Å². The molecule has 0 unspecified atom stereocenters. The van der Waals surface area contributed by atoms with E-state index in [1.807, 2.05) is 24.3 Å². The van der Waals surface area contributed by atoms with Gasteiger partial charge < -0.3 is 10.2 Å². The predicted molar refractivity (Wildman–Crippen MR) is 59.6 cm³/mol. The molecule has 15 heavy (non-hydrogen) atoms. The van der Waals surface area contributed by atoms with Crippen LogP contribution < -0.4 is 0 Å². The number of benzene rings is 1. The summed E-state index contributed by atoms with van der Waals surface area (Å²) in [5.41, 5.74) is 0.652. The molecule has 0 saturated heterocycles. The van der Waals surface area contributed by atoms with E-state index < -0.39 is 11.2 Å². The largest absolute Gasteiger partial charge is 0.390 e. The smallest absolute Gasteiger partial charge is 0.0843 e. The lowest BCUT2D eigenvalue weighted by molar-refractivity contribution is 0.0761. The molecule has 0 bridgehead atoms. The molecule has 0 aromatic heterocycles. The molecular formula is C13H18O2. The lowest BCUT2D eigenvalue weighted by Gasteiger charge is -2.22. The summed E-state index contributed by atoms with van der Waals surface area (Å²) < 4.78 is 0. The van der Waals surface area contributed by atoms with Crippen LogP contribution in [-0.2, 0) is 12.0 Å². The SMILES string of the molecule is CC(C)(O)c1ccccc1CC1(O)CC1. The zero-order valence-corrected chi connectivity index (χ0v) is 9.33. The van der Waals surface area contributed by atoms with Gasteiger partial charge in [0.05, 0.1) is 11.2 Å². The number of rotatable bonds is 3. The van der Waals surface area contributed by atoms with Gasteiger partial charge in [-0.1, -0.05) is 24.3 Å². The van der Waals surface area contributed by atoms with Crippen LogP contribution in [-0.4, -0.2) is 15.8 Å². The highest BCUT2D eigenvalue weighted by Gasteiger charge is 2.41. The molecule has 0 radical (unpaired) electrons.